The molecule has 2 aliphatic heterocycles. The number of likely N-dealkylation sites (N-methyl/N-ethyl adjacent to an activating group) is 1. The molecule has 6 nitrogen and oxygen atoms in total. The summed E-state index contributed by atoms with van der Waals surface area (Å²) < 4.78 is 14.1. The number of hydrogen-bond acceptors (Lipinski definition) is 4. The Kier molecular flexibility index (Phi) is 8.69. The standard InChI is InChI=1S/C22H22ClFN4O2.C7H7Cl/c1-13-6-7-15(24)11-18(13)21-17(22(30)25-16-5-3-4-14(23)10-16)8-9-19-26-27(2)20(29)12-28(19)21;1-6-3-2-4-7(8)5-6/h3-7,10-11,17,21H,8-9,12H2,1-2H3,(H,25,30);2-5H,1H3/t17?,21-;/m0./s1. The molecule has 1 saturated heterocycles. The molecule has 0 saturated carbocycles. The lowest BCUT2D eigenvalue weighted by molar-refractivity contribution is -0.134. The first-order valence-corrected chi connectivity index (χ1v) is 13.0. The topological polar surface area (TPSA) is 65.0 Å². The van der Waals surface area contributed by atoms with Crippen molar-refractivity contribution in [3.8, 4) is 0 Å². The Morgan fingerprint density at radius 3 is 2.39 bits per heavy atom. The van der Waals surface area contributed by atoms with Gasteiger partial charge in [-0.25, -0.2) is 9.40 Å². The summed E-state index contributed by atoms with van der Waals surface area (Å²) in [5, 5.41) is 9.97. The highest BCUT2D eigenvalue weighted by molar-refractivity contribution is 6.31. The normalized spacial score (nSPS) is 18.7. The van der Waals surface area contributed by atoms with E-state index < -0.39 is 12.0 Å². The van der Waals surface area contributed by atoms with Crippen LogP contribution in [0.4, 0.5) is 10.1 Å². The molecule has 198 valence electrons. The van der Waals surface area contributed by atoms with Gasteiger partial charge in [-0.2, -0.15) is 5.10 Å². The molecule has 1 fully saturated rings. The van der Waals surface area contributed by atoms with Crippen molar-refractivity contribution in [1.29, 1.82) is 0 Å². The van der Waals surface area contributed by atoms with Gasteiger partial charge >= 0.3 is 0 Å². The molecule has 9 heteroatoms. The summed E-state index contributed by atoms with van der Waals surface area (Å²) in [4.78, 5) is 27.5. The Morgan fingerprint density at radius 1 is 1.03 bits per heavy atom. The Bertz CT molecular complexity index is 1360. The quantitative estimate of drug-likeness (QED) is 0.396. The van der Waals surface area contributed by atoms with Crippen LogP contribution in [0.5, 0.6) is 0 Å². The lowest BCUT2D eigenvalue weighted by Gasteiger charge is -2.45. The van der Waals surface area contributed by atoms with Crippen LogP contribution in [0, 0.1) is 25.6 Å². The summed E-state index contributed by atoms with van der Waals surface area (Å²) in [6, 6.07) is 18.7. The van der Waals surface area contributed by atoms with Crippen LogP contribution in [-0.4, -0.2) is 41.2 Å². The lowest BCUT2D eigenvalue weighted by atomic mass is 9.81. The van der Waals surface area contributed by atoms with E-state index >= 15 is 0 Å². The number of nitrogens with zero attached hydrogens (tertiary/aromatic N) is 3. The fraction of sp³-hybridized carbons (Fsp3) is 0.276. The van der Waals surface area contributed by atoms with Gasteiger partial charge in [0.25, 0.3) is 5.91 Å². The number of amides is 2. The maximum Gasteiger partial charge on any atom is 0.262 e. The molecule has 1 unspecified atom stereocenters. The van der Waals surface area contributed by atoms with Gasteiger partial charge in [0, 0.05) is 29.2 Å². The largest absolute Gasteiger partial charge is 0.341 e. The molecule has 2 aliphatic rings. The van der Waals surface area contributed by atoms with E-state index in [1.807, 2.05) is 43.0 Å². The van der Waals surface area contributed by atoms with Crippen LogP contribution in [0.3, 0.4) is 0 Å². The Balaban J connectivity index is 0.000000360. The van der Waals surface area contributed by atoms with Gasteiger partial charge in [-0.1, -0.05) is 47.5 Å². The third-order valence-corrected chi connectivity index (χ3v) is 7.10. The van der Waals surface area contributed by atoms with Crippen molar-refractivity contribution in [3.63, 3.8) is 0 Å². The van der Waals surface area contributed by atoms with E-state index in [-0.39, 0.29) is 24.2 Å². The summed E-state index contributed by atoms with van der Waals surface area (Å²) in [7, 11) is 1.62. The van der Waals surface area contributed by atoms with Crippen molar-refractivity contribution < 1.29 is 14.0 Å². The van der Waals surface area contributed by atoms with Gasteiger partial charge in [0.15, 0.2) is 0 Å². The van der Waals surface area contributed by atoms with Crippen molar-refractivity contribution in [3.05, 3.63) is 99.3 Å². The number of amidine groups is 1. The first-order chi connectivity index (χ1) is 18.1. The van der Waals surface area contributed by atoms with Gasteiger partial charge in [-0.05, 0) is 79.4 Å². The molecule has 0 aromatic heterocycles. The molecule has 0 bridgehead atoms. The molecule has 5 rings (SSSR count). The van der Waals surface area contributed by atoms with E-state index in [1.165, 1.54) is 22.7 Å². The van der Waals surface area contributed by atoms with Crippen LogP contribution in [-0.2, 0) is 9.59 Å². The maximum atomic E-state index is 14.1. The highest BCUT2D eigenvalue weighted by atomic mass is 35.5. The van der Waals surface area contributed by atoms with Gasteiger partial charge in [0.1, 0.15) is 18.2 Å². The summed E-state index contributed by atoms with van der Waals surface area (Å²) >= 11 is 11.7. The van der Waals surface area contributed by atoms with Crippen molar-refractivity contribution in [2.75, 3.05) is 18.9 Å². The lowest BCUT2D eigenvalue weighted by Crippen LogP contribution is -2.53. The Morgan fingerprint density at radius 2 is 1.74 bits per heavy atom. The van der Waals surface area contributed by atoms with Gasteiger partial charge < -0.3 is 10.2 Å². The number of hydrogen-bond donors (Lipinski definition) is 1. The van der Waals surface area contributed by atoms with E-state index in [0.29, 0.717) is 29.1 Å². The average molecular weight is 555 g/mol. The fourth-order valence-electron chi connectivity index (χ4n) is 4.73. The molecule has 38 heavy (non-hydrogen) atoms. The summed E-state index contributed by atoms with van der Waals surface area (Å²) in [6.07, 6.45) is 1.08. The van der Waals surface area contributed by atoms with Crippen LogP contribution >= 0.6 is 23.2 Å². The highest BCUT2D eigenvalue weighted by Crippen LogP contribution is 2.40. The van der Waals surface area contributed by atoms with Crippen molar-refractivity contribution in [2.24, 2.45) is 11.0 Å². The fourth-order valence-corrected chi connectivity index (χ4v) is 5.17. The smallest absolute Gasteiger partial charge is 0.262 e. The highest BCUT2D eigenvalue weighted by Gasteiger charge is 2.43. The van der Waals surface area contributed by atoms with Crippen LogP contribution in [0.1, 0.15) is 35.6 Å². The molecule has 0 aliphatic carbocycles. The molecule has 2 atom stereocenters. The zero-order valence-corrected chi connectivity index (χ0v) is 22.9. The van der Waals surface area contributed by atoms with Crippen LogP contribution < -0.4 is 5.32 Å². The van der Waals surface area contributed by atoms with Gasteiger partial charge in [0.2, 0.25) is 5.91 Å². The summed E-state index contributed by atoms with van der Waals surface area (Å²) in [6.45, 7) is 3.99. The Labute approximate surface area is 232 Å². The first-order valence-electron chi connectivity index (χ1n) is 12.3. The van der Waals surface area contributed by atoms with E-state index in [1.54, 1.807) is 37.4 Å². The third kappa shape index (κ3) is 6.52. The zero-order valence-electron chi connectivity index (χ0n) is 21.4. The molecule has 2 heterocycles. The number of fused-ring (bicyclic) bond motifs is 1. The number of hydrazone groups is 1. The molecule has 3 aromatic carbocycles. The summed E-state index contributed by atoms with van der Waals surface area (Å²) in [5.74, 6) is -0.503. The minimum absolute atomic E-state index is 0.0941. The third-order valence-electron chi connectivity index (χ3n) is 6.63. The Hall–Kier alpha value is -3.42. The van der Waals surface area contributed by atoms with E-state index in [0.717, 1.165) is 16.4 Å². The second kappa shape index (κ2) is 12.0. The number of rotatable bonds is 3. The van der Waals surface area contributed by atoms with E-state index in [4.69, 9.17) is 23.2 Å². The number of anilines is 1. The monoisotopic (exact) mass is 554 g/mol. The molecular formula is C29H29Cl2FN4O2. The van der Waals surface area contributed by atoms with Crippen LogP contribution in [0.2, 0.25) is 10.0 Å². The number of aryl methyl sites for hydroxylation is 2. The van der Waals surface area contributed by atoms with Crippen LogP contribution in [0.15, 0.2) is 71.8 Å². The predicted molar refractivity (Wildman–Crippen MR) is 150 cm³/mol. The average Bonchev–Trinajstić information content (AvgIpc) is 2.86. The predicted octanol–water partition coefficient (Wildman–Crippen LogP) is 6.61. The number of halogens is 3. The number of nitrogens with one attached hydrogen (secondary N) is 1. The van der Waals surface area contributed by atoms with Crippen LogP contribution in [0.25, 0.3) is 0 Å². The first kappa shape index (κ1) is 27.6. The molecule has 0 radical (unpaired) electrons. The molecule has 0 spiro atoms. The SMILES string of the molecule is Cc1ccc(F)cc1[C@@H]1C(C(=O)Nc2cccc(Cl)c2)CCC2=NN(C)C(=O)CN21.Cc1cccc(Cl)c1. The van der Waals surface area contributed by atoms with E-state index in [9.17, 15) is 14.0 Å². The second-order valence-corrected chi connectivity index (χ2v) is 10.3. The van der Waals surface area contributed by atoms with E-state index in [2.05, 4.69) is 10.4 Å². The van der Waals surface area contributed by atoms with Crippen molar-refractivity contribution in [1.82, 2.24) is 9.91 Å². The minimum atomic E-state index is -0.495. The van der Waals surface area contributed by atoms with Crippen molar-refractivity contribution in [2.45, 2.75) is 32.7 Å². The van der Waals surface area contributed by atoms with Gasteiger partial charge in [-0.15, -0.1) is 0 Å². The zero-order chi connectivity index (χ0) is 27.4. The van der Waals surface area contributed by atoms with Crippen molar-refractivity contribution >= 4 is 46.5 Å². The molecule has 1 N–H and O–H groups in total. The molecular weight excluding hydrogens is 526 g/mol. The van der Waals surface area contributed by atoms with Gasteiger partial charge in [0.05, 0.1) is 12.0 Å². The van der Waals surface area contributed by atoms with Gasteiger partial charge in [-0.3, -0.25) is 9.59 Å². The number of benzene rings is 3. The number of carbonyl (C=O) groups excluding carboxylic acids is 2. The molecule has 2 amide bonds. The maximum absolute atomic E-state index is 14.1. The summed E-state index contributed by atoms with van der Waals surface area (Å²) in [5.41, 5.74) is 3.34. The number of piperidine rings is 1. The minimum Gasteiger partial charge on any atom is -0.341 e. The second-order valence-electron chi connectivity index (χ2n) is 9.45. The molecule has 3 aromatic rings. The number of carbonyl (C=O) groups is 2.